The predicted octanol–water partition coefficient (Wildman–Crippen LogP) is 2.21. The Hall–Kier alpha value is -2.53. The number of hydrogen-bond acceptors (Lipinski definition) is 4. The maximum Gasteiger partial charge on any atom is 0.170 e. The Kier molecular flexibility index (Phi) is 5.17. The summed E-state index contributed by atoms with van der Waals surface area (Å²) in [6, 6.07) is 15.0. The minimum atomic E-state index is 0.0669. The molecule has 0 aliphatic heterocycles. The van der Waals surface area contributed by atoms with Gasteiger partial charge < -0.3 is 20.8 Å². The molecule has 5 nitrogen and oxygen atoms in total. The molecule has 5 heteroatoms. The molecule has 0 spiro atoms. The zero-order valence-corrected chi connectivity index (χ0v) is 11.6. The third kappa shape index (κ3) is 3.73. The molecule has 0 unspecified atom stereocenters. The first-order chi connectivity index (χ1) is 10.3. The molecular formula is C16H18N2O3. The molecule has 110 valence electrons. The number of ether oxygens (including phenoxy) is 1. The minimum Gasteiger partial charge on any atom is -0.493 e. The van der Waals surface area contributed by atoms with E-state index in [-0.39, 0.29) is 12.4 Å². The Morgan fingerprint density at radius 3 is 2.71 bits per heavy atom. The van der Waals surface area contributed by atoms with Crippen molar-refractivity contribution in [2.75, 3.05) is 13.2 Å². The van der Waals surface area contributed by atoms with E-state index in [0.717, 1.165) is 16.9 Å². The van der Waals surface area contributed by atoms with Crippen LogP contribution in [0.1, 0.15) is 12.0 Å². The highest BCUT2D eigenvalue weighted by Gasteiger charge is 2.09. The molecule has 0 aliphatic carbocycles. The number of amidine groups is 1. The molecule has 0 heterocycles. The highest BCUT2D eigenvalue weighted by molar-refractivity contribution is 6.03. The van der Waals surface area contributed by atoms with Crippen molar-refractivity contribution in [3.63, 3.8) is 0 Å². The number of aliphatic hydroxyl groups is 1. The van der Waals surface area contributed by atoms with Gasteiger partial charge in [0.1, 0.15) is 5.75 Å². The Morgan fingerprint density at radius 1 is 1.14 bits per heavy atom. The number of nitrogens with zero attached hydrogens (tertiary/aromatic N) is 1. The molecule has 2 rings (SSSR count). The van der Waals surface area contributed by atoms with Crippen molar-refractivity contribution in [3.05, 3.63) is 54.1 Å². The number of hydrogen-bond donors (Lipinski definition) is 3. The SMILES string of the molecule is N/C(=N\O)c1ccccc1-c1cccc(OCCCO)c1. The van der Waals surface area contributed by atoms with Gasteiger partial charge in [0.25, 0.3) is 0 Å². The maximum atomic E-state index is 8.87. The smallest absolute Gasteiger partial charge is 0.170 e. The van der Waals surface area contributed by atoms with E-state index in [1.54, 1.807) is 6.07 Å². The van der Waals surface area contributed by atoms with Crippen LogP contribution in [0.2, 0.25) is 0 Å². The summed E-state index contributed by atoms with van der Waals surface area (Å²) in [5, 5.41) is 20.7. The summed E-state index contributed by atoms with van der Waals surface area (Å²) in [5.41, 5.74) is 8.15. The van der Waals surface area contributed by atoms with Crippen LogP contribution in [-0.2, 0) is 0 Å². The molecule has 0 aliphatic rings. The van der Waals surface area contributed by atoms with Crippen LogP contribution in [0.4, 0.5) is 0 Å². The van der Waals surface area contributed by atoms with Gasteiger partial charge in [-0.2, -0.15) is 0 Å². The summed E-state index contributed by atoms with van der Waals surface area (Å²) < 4.78 is 5.56. The van der Waals surface area contributed by atoms with Gasteiger partial charge in [-0.25, -0.2) is 0 Å². The van der Waals surface area contributed by atoms with Crippen molar-refractivity contribution < 1.29 is 15.1 Å². The number of aliphatic hydroxyl groups excluding tert-OH is 1. The standard InChI is InChI=1S/C16H18N2O3/c17-16(18-20)15-8-2-1-7-14(15)12-5-3-6-13(11-12)21-10-4-9-19/h1-3,5-8,11,19-20H,4,9-10H2,(H2,17,18). The van der Waals surface area contributed by atoms with Crippen LogP contribution in [0.5, 0.6) is 5.75 Å². The first-order valence-electron chi connectivity index (χ1n) is 6.67. The number of benzene rings is 2. The van der Waals surface area contributed by atoms with Gasteiger partial charge in [0.05, 0.1) is 6.61 Å². The fourth-order valence-electron chi connectivity index (χ4n) is 2.02. The van der Waals surface area contributed by atoms with Crippen LogP contribution >= 0.6 is 0 Å². The van der Waals surface area contributed by atoms with Crippen LogP contribution < -0.4 is 10.5 Å². The molecule has 2 aromatic carbocycles. The zero-order chi connectivity index (χ0) is 15.1. The van der Waals surface area contributed by atoms with E-state index < -0.39 is 0 Å². The summed E-state index contributed by atoms with van der Waals surface area (Å²) in [5.74, 6) is 0.785. The molecule has 0 radical (unpaired) electrons. The van der Waals surface area contributed by atoms with E-state index in [9.17, 15) is 0 Å². The molecule has 0 atom stereocenters. The lowest BCUT2D eigenvalue weighted by Crippen LogP contribution is -2.14. The summed E-state index contributed by atoms with van der Waals surface area (Å²) >= 11 is 0. The van der Waals surface area contributed by atoms with Crippen LogP contribution in [-0.4, -0.2) is 29.4 Å². The molecular weight excluding hydrogens is 268 g/mol. The van der Waals surface area contributed by atoms with Crippen LogP contribution in [0, 0.1) is 0 Å². The summed E-state index contributed by atoms with van der Waals surface area (Å²) in [4.78, 5) is 0. The Morgan fingerprint density at radius 2 is 1.95 bits per heavy atom. The van der Waals surface area contributed by atoms with E-state index in [2.05, 4.69) is 5.16 Å². The normalized spacial score (nSPS) is 11.4. The maximum absolute atomic E-state index is 8.87. The quantitative estimate of drug-likeness (QED) is 0.250. The molecule has 4 N–H and O–H groups in total. The average molecular weight is 286 g/mol. The van der Waals surface area contributed by atoms with E-state index >= 15 is 0 Å². The van der Waals surface area contributed by atoms with Gasteiger partial charge in [-0.3, -0.25) is 0 Å². The second-order valence-corrected chi connectivity index (χ2v) is 4.48. The third-order valence-corrected chi connectivity index (χ3v) is 3.03. The van der Waals surface area contributed by atoms with Crippen LogP contribution in [0.15, 0.2) is 53.7 Å². The van der Waals surface area contributed by atoms with Gasteiger partial charge in [0, 0.05) is 18.6 Å². The molecule has 0 saturated carbocycles. The summed E-state index contributed by atoms with van der Waals surface area (Å²) in [7, 11) is 0. The van der Waals surface area contributed by atoms with Crippen LogP contribution in [0.3, 0.4) is 0 Å². The molecule has 21 heavy (non-hydrogen) atoms. The lowest BCUT2D eigenvalue weighted by molar-refractivity contribution is 0.233. The number of rotatable bonds is 6. The van der Waals surface area contributed by atoms with Crippen LogP contribution in [0.25, 0.3) is 11.1 Å². The van der Waals surface area contributed by atoms with Gasteiger partial charge in [-0.1, -0.05) is 41.6 Å². The largest absolute Gasteiger partial charge is 0.493 e. The molecule has 0 saturated heterocycles. The van der Waals surface area contributed by atoms with Gasteiger partial charge in [-0.15, -0.1) is 0 Å². The first kappa shape index (κ1) is 14.9. The van der Waals surface area contributed by atoms with Crippen molar-refractivity contribution in [1.82, 2.24) is 0 Å². The molecule has 2 aromatic rings. The monoisotopic (exact) mass is 286 g/mol. The van der Waals surface area contributed by atoms with Crippen molar-refractivity contribution >= 4 is 5.84 Å². The molecule has 0 bridgehead atoms. The van der Waals surface area contributed by atoms with Crippen molar-refractivity contribution in [2.24, 2.45) is 10.9 Å². The van der Waals surface area contributed by atoms with E-state index in [1.165, 1.54) is 0 Å². The van der Waals surface area contributed by atoms with Crippen molar-refractivity contribution in [2.45, 2.75) is 6.42 Å². The predicted molar refractivity (Wildman–Crippen MR) is 81.6 cm³/mol. The lowest BCUT2D eigenvalue weighted by Gasteiger charge is -2.10. The van der Waals surface area contributed by atoms with E-state index in [1.807, 2.05) is 42.5 Å². The molecule has 0 aromatic heterocycles. The Balaban J connectivity index is 2.32. The fraction of sp³-hybridized carbons (Fsp3) is 0.188. The van der Waals surface area contributed by atoms with Gasteiger partial charge in [-0.05, 0) is 23.3 Å². The Bertz CT molecular complexity index is 626. The second-order valence-electron chi connectivity index (χ2n) is 4.48. The fourth-order valence-corrected chi connectivity index (χ4v) is 2.02. The summed E-state index contributed by atoms with van der Waals surface area (Å²) in [6.07, 6.45) is 0.588. The van der Waals surface area contributed by atoms with E-state index in [4.69, 9.17) is 20.8 Å². The van der Waals surface area contributed by atoms with Crippen molar-refractivity contribution in [1.29, 1.82) is 0 Å². The van der Waals surface area contributed by atoms with Gasteiger partial charge in [0.15, 0.2) is 5.84 Å². The van der Waals surface area contributed by atoms with Gasteiger partial charge in [0.2, 0.25) is 0 Å². The molecule has 0 fully saturated rings. The van der Waals surface area contributed by atoms with E-state index in [0.29, 0.717) is 18.6 Å². The minimum absolute atomic E-state index is 0.0669. The second kappa shape index (κ2) is 7.31. The third-order valence-electron chi connectivity index (χ3n) is 3.03. The number of nitrogens with two attached hydrogens (primary N) is 1. The lowest BCUT2D eigenvalue weighted by atomic mass is 9.99. The topological polar surface area (TPSA) is 88.1 Å². The summed E-state index contributed by atoms with van der Waals surface area (Å²) in [6.45, 7) is 0.563. The van der Waals surface area contributed by atoms with Gasteiger partial charge >= 0.3 is 0 Å². The number of oxime groups is 1. The first-order valence-corrected chi connectivity index (χ1v) is 6.67. The average Bonchev–Trinajstić information content (AvgIpc) is 2.55. The highest BCUT2D eigenvalue weighted by Crippen LogP contribution is 2.27. The zero-order valence-electron chi connectivity index (χ0n) is 11.6. The molecule has 0 amide bonds. The van der Waals surface area contributed by atoms with Crippen molar-refractivity contribution in [3.8, 4) is 16.9 Å². The highest BCUT2D eigenvalue weighted by atomic mass is 16.5. The Labute approximate surface area is 123 Å².